The van der Waals surface area contributed by atoms with Crippen molar-refractivity contribution in [1.82, 2.24) is 4.57 Å². The van der Waals surface area contributed by atoms with Crippen molar-refractivity contribution in [2.45, 2.75) is 6.92 Å². The van der Waals surface area contributed by atoms with Crippen LogP contribution >= 0.6 is 0 Å². The molecule has 0 amide bonds. The van der Waals surface area contributed by atoms with Gasteiger partial charge in [-0.15, -0.1) is 0 Å². The molecule has 0 spiro atoms. The molecule has 1 aliphatic rings. The first-order valence-corrected chi connectivity index (χ1v) is 6.15. The SMILES string of the molecule is Cc1cc2c(N3CCOCC3)cccc2n1C. The van der Waals surface area contributed by atoms with Gasteiger partial charge < -0.3 is 14.2 Å². The van der Waals surface area contributed by atoms with E-state index < -0.39 is 0 Å². The Morgan fingerprint density at radius 2 is 1.94 bits per heavy atom. The summed E-state index contributed by atoms with van der Waals surface area (Å²) in [4.78, 5) is 2.42. The van der Waals surface area contributed by atoms with Crippen LogP contribution in [0.2, 0.25) is 0 Å². The maximum absolute atomic E-state index is 5.42. The van der Waals surface area contributed by atoms with Crippen LogP contribution in [0.25, 0.3) is 10.9 Å². The first kappa shape index (κ1) is 10.7. The van der Waals surface area contributed by atoms with Gasteiger partial charge in [0.15, 0.2) is 0 Å². The average Bonchev–Trinajstić information content (AvgIpc) is 2.67. The lowest BCUT2D eigenvalue weighted by Crippen LogP contribution is -2.36. The van der Waals surface area contributed by atoms with Crippen molar-refractivity contribution in [3.8, 4) is 0 Å². The molecule has 0 unspecified atom stereocenters. The predicted molar refractivity (Wildman–Crippen MR) is 70.7 cm³/mol. The third-order valence-corrected chi connectivity index (χ3v) is 3.66. The van der Waals surface area contributed by atoms with Crippen molar-refractivity contribution in [3.63, 3.8) is 0 Å². The molecule has 2 heterocycles. The summed E-state index contributed by atoms with van der Waals surface area (Å²) in [5.41, 5.74) is 3.96. The highest BCUT2D eigenvalue weighted by atomic mass is 16.5. The summed E-state index contributed by atoms with van der Waals surface area (Å²) >= 11 is 0. The van der Waals surface area contributed by atoms with Crippen molar-refractivity contribution in [1.29, 1.82) is 0 Å². The molecule has 2 aromatic rings. The summed E-state index contributed by atoms with van der Waals surface area (Å²) in [6.45, 7) is 5.81. The monoisotopic (exact) mass is 230 g/mol. The number of rotatable bonds is 1. The molecule has 0 radical (unpaired) electrons. The summed E-state index contributed by atoms with van der Waals surface area (Å²) < 4.78 is 7.66. The number of nitrogens with zero attached hydrogens (tertiary/aromatic N) is 2. The van der Waals surface area contributed by atoms with Crippen LogP contribution in [0, 0.1) is 6.92 Å². The van der Waals surface area contributed by atoms with Crippen LogP contribution in [0.15, 0.2) is 24.3 Å². The second-order valence-corrected chi connectivity index (χ2v) is 4.65. The van der Waals surface area contributed by atoms with Crippen LogP contribution in [0.3, 0.4) is 0 Å². The van der Waals surface area contributed by atoms with Gasteiger partial charge in [-0.2, -0.15) is 0 Å². The Kier molecular flexibility index (Phi) is 2.56. The van der Waals surface area contributed by atoms with Gasteiger partial charge in [-0.3, -0.25) is 0 Å². The van der Waals surface area contributed by atoms with Crippen molar-refractivity contribution in [2.75, 3.05) is 31.2 Å². The Hall–Kier alpha value is -1.48. The highest BCUT2D eigenvalue weighted by Gasteiger charge is 2.15. The fourth-order valence-corrected chi connectivity index (χ4v) is 2.56. The average molecular weight is 230 g/mol. The minimum Gasteiger partial charge on any atom is -0.378 e. The third-order valence-electron chi connectivity index (χ3n) is 3.66. The maximum Gasteiger partial charge on any atom is 0.0642 e. The molecule has 1 aromatic carbocycles. The molecule has 3 rings (SSSR count). The molecule has 0 bridgehead atoms. The minimum atomic E-state index is 0.836. The van der Waals surface area contributed by atoms with Gasteiger partial charge in [0.1, 0.15) is 0 Å². The van der Waals surface area contributed by atoms with Gasteiger partial charge in [0, 0.05) is 36.9 Å². The number of hydrogen-bond donors (Lipinski definition) is 0. The summed E-state index contributed by atoms with van der Waals surface area (Å²) in [5, 5.41) is 1.36. The Balaban J connectivity index is 2.12. The van der Waals surface area contributed by atoms with E-state index in [1.165, 1.54) is 22.3 Å². The molecule has 17 heavy (non-hydrogen) atoms. The zero-order chi connectivity index (χ0) is 11.8. The first-order valence-electron chi connectivity index (χ1n) is 6.15. The van der Waals surface area contributed by atoms with E-state index in [2.05, 4.69) is 47.7 Å². The first-order chi connectivity index (χ1) is 8.27. The van der Waals surface area contributed by atoms with Crippen molar-refractivity contribution in [3.05, 3.63) is 30.0 Å². The van der Waals surface area contributed by atoms with Crippen LogP contribution in [-0.2, 0) is 11.8 Å². The van der Waals surface area contributed by atoms with Gasteiger partial charge >= 0.3 is 0 Å². The van der Waals surface area contributed by atoms with Crippen molar-refractivity contribution < 1.29 is 4.74 Å². The van der Waals surface area contributed by atoms with Crippen molar-refractivity contribution in [2.24, 2.45) is 7.05 Å². The maximum atomic E-state index is 5.42. The third kappa shape index (κ3) is 1.71. The van der Waals surface area contributed by atoms with Gasteiger partial charge in [0.05, 0.1) is 18.7 Å². The van der Waals surface area contributed by atoms with Crippen molar-refractivity contribution >= 4 is 16.6 Å². The lowest BCUT2D eigenvalue weighted by Gasteiger charge is -2.29. The Labute approximate surface area is 102 Å². The molecule has 0 N–H and O–H groups in total. The molecule has 90 valence electrons. The topological polar surface area (TPSA) is 17.4 Å². The minimum absolute atomic E-state index is 0.836. The highest BCUT2D eigenvalue weighted by Crippen LogP contribution is 2.29. The summed E-state index contributed by atoms with van der Waals surface area (Å²) in [7, 11) is 2.13. The number of aromatic nitrogens is 1. The number of ether oxygens (including phenoxy) is 1. The molecule has 0 saturated carbocycles. The van der Waals surface area contributed by atoms with Crippen LogP contribution in [-0.4, -0.2) is 30.9 Å². The lowest BCUT2D eigenvalue weighted by molar-refractivity contribution is 0.123. The lowest BCUT2D eigenvalue weighted by atomic mass is 10.2. The van der Waals surface area contributed by atoms with Gasteiger partial charge in [-0.1, -0.05) is 6.07 Å². The zero-order valence-corrected chi connectivity index (χ0v) is 10.4. The van der Waals surface area contributed by atoms with E-state index in [1.807, 2.05) is 0 Å². The molecular weight excluding hydrogens is 212 g/mol. The van der Waals surface area contributed by atoms with Crippen LogP contribution in [0.5, 0.6) is 0 Å². The number of hydrogen-bond acceptors (Lipinski definition) is 2. The van der Waals surface area contributed by atoms with Crippen LogP contribution < -0.4 is 4.90 Å². The molecule has 0 aliphatic carbocycles. The van der Waals surface area contributed by atoms with Crippen LogP contribution in [0.1, 0.15) is 5.69 Å². The van der Waals surface area contributed by atoms with Gasteiger partial charge in [0.25, 0.3) is 0 Å². The van der Waals surface area contributed by atoms with E-state index in [-0.39, 0.29) is 0 Å². The number of anilines is 1. The Morgan fingerprint density at radius 1 is 1.18 bits per heavy atom. The highest BCUT2D eigenvalue weighted by molar-refractivity contribution is 5.93. The van der Waals surface area contributed by atoms with Gasteiger partial charge in [-0.25, -0.2) is 0 Å². The number of fused-ring (bicyclic) bond motifs is 1. The Bertz CT molecular complexity index is 538. The van der Waals surface area contributed by atoms with Gasteiger partial charge in [-0.05, 0) is 25.1 Å². The molecular formula is C14H18N2O. The van der Waals surface area contributed by atoms with Gasteiger partial charge in [0.2, 0.25) is 0 Å². The number of benzene rings is 1. The molecule has 1 aliphatic heterocycles. The van der Waals surface area contributed by atoms with E-state index in [0.29, 0.717) is 0 Å². The summed E-state index contributed by atoms with van der Waals surface area (Å²) in [6, 6.07) is 8.83. The normalized spacial score (nSPS) is 16.7. The standard InChI is InChI=1S/C14H18N2O/c1-11-10-12-13(15(11)2)4-3-5-14(12)16-6-8-17-9-7-16/h3-5,10H,6-9H2,1-2H3. The Morgan fingerprint density at radius 3 is 2.71 bits per heavy atom. The predicted octanol–water partition coefficient (Wildman–Crippen LogP) is 2.32. The van der Waals surface area contributed by atoms with Crippen LogP contribution in [0.4, 0.5) is 5.69 Å². The largest absolute Gasteiger partial charge is 0.378 e. The molecule has 1 aromatic heterocycles. The van der Waals surface area contributed by atoms with E-state index >= 15 is 0 Å². The molecule has 3 heteroatoms. The molecule has 0 atom stereocenters. The molecule has 1 fully saturated rings. The number of aryl methyl sites for hydroxylation is 2. The number of morpholine rings is 1. The second-order valence-electron chi connectivity index (χ2n) is 4.65. The fraction of sp³-hybridized carbons (Fsp3) is 0.429. The molecule has 1 saturated heterocycles. The van der Waals surface area contributed by atoms with E-state index in [9.17, 15) is 0 Å². The fourth-order valence-electron chi connectivity index (χ4n) is 2.56. The van der Waals surface area contributed by atoms with E-state index in [4.69, 9.17) is 4.74 Å². The molecule has 3 nitrogen and oxygen atoms in total. The second kappa shape index (κ2) is 4.08. The summed E-state index contributed by atoms with van der Waals surface area (Å²) in [5.74, 6) is 0. The smallest absolute Gasteiger partial charge is 0.0642 e. The van der Waals surface area contributed by atoms with E-state index in [0.717, 1.165) is 26.3 Å². The van der Waals surface area contributed by atoms with E-state index in [1.54, 1.807) is 0 Å². The zero-order valence-electron chi connectivity index (χ0n) is 10.4. The quantitative estimate of drug-likeness (QED) is 0.748. The summed E-state index contributed by atoms with van der Waals surface area (Å²) in [6.07, 6.45) is 0.